The van der Waals surface area contributed by atoms with E-state index in [1.54, 1.807) is 24.5 Å². The Labute approximate surface area is 176 Å². The van der Waals surface area contributed by atoms with Crippen molar-refractivity contribution in [1.82, 2.24) is 14.0 Å². The SMILES string of the molecule is Cc1cccc(C)c1CNc1cc(-n2ccc(=O)cc2)cn2c(C)c(C)nc12.Cl. The highest BCUT2D eigenvalue weighted by Gasteiger charge is 2.12. The molecule has 0 fully saturated rings. The summed E-state index contributed by atoms with van der Waals surface area (Å²) in [4.78, 5) is 16.2. The second-order valence-electron chi connectivity index (χ2n) is 7.25. The number of pyridine rings is 2. The molecule has 0 aliphatic rings. The van der Waals surface area contributed by atoms with Crippen LogP contribution in [0.2, 0.25) is 0 Å². The molecule has 0 atom stereocenters. The fourth-order valence-electron chi connectivity index (χ4n) is 3.52. The molecule has 0 saturated heterocycles. The number of halogens is 1. The average molecular weight is 409 g/mol. The van der Waals surface area contributed by atoms with E-state index >= 15 is 0 Å². The van der Waals surface area contributed by atoms with Gasteiger partial charge in [0.25, 0.3) is 0 Å². The summed E-state index contributed by atoms with van der Waals surface area (Å²) in [5.74, 6) is 0. The van der Waals surface area contributed by atoms with Crippen molar-refractivity contribution >= 4 is 23.7 Å². The van der Waals surface area contributed by atoms with E-state index in [1.165, 1.54) is 16.7 Å². The number of aryl methyl sites for hydroxylation is 4. The Morgan fingerprint density at radius 2 is 1.66 bits per heavy atom. The van der Waals surface area contributed by atoms with Gasteiger partial charge in [0.15, 0.2) is 11.1 Å². The lowest BCUT2D eigenvalue weighted by Crippen LogP contribution is -2.08. The van der Waals surface area contributed by atoms with Crippen molar-refractivity contribution in [3.8, 4) is 5.69 Å². The molecular formula is C23H25ClN4O. The van der Waals surface area contributed by atoms with Gasteiger partial charge in [-0.2, -0.15) is 0 Å². The van der Waals surface area contributed by atoms with Crippen LogP contribution in [0.25, 0.3) is 11.3 Å². The Balaban J connectivity index is 0.00000240. The van der Waals surface area contributed by atoms with Crippen molar-refractivity contribution < 1.29 is 0 Å². The predicted molar refractivity (Wildman–Crippen MR) is 121 cm³/mol. The third-order valence-electron chi connectivity index (χ3n) is 5.38. The molecule has 4 rings (SSSR count). The first-order chi connectivity index (χ1) is 13.4. The number of nitrogens with zero attached hydrogens (tertiary/aromatic N) is 3. The highest BCUT2D eigenvalue weighted by Crippen LogP contribution is 2.25. The third-order valence-corrected chi connectivity index (χ3v) is 5.38. The van der Waals surface area contributed by atoms with Crippen LogP contribution in [0.3, 0.4) is 0 Å². The topological polar surface area (TPSA) is 51.3 Å². The summed E-state index contributed by atoms with van der Waals surface area (Å²) < 4.78 is 4.05. The molecule has 4 aromatic rings. The van der Waals surface area contributed by atoms with Gasteiger partial charge in [-0.25, -0.2) is 4.98 Å². The molecule has 0 aliphatic heterocycles. The lowest BCUT2D eigenvalue weighted by molar-refractivity contribution is 0.991. The summed E-state index contributed by atoms with van der Waals surface area (Å²) in [6.07, 6.45) is 5.63. The number of hydrogen-bond acceptors (Lipinski definition) is 3. The van der Waals surface area contributed by atoms with E-state index in [0.29, 0.717) is 0 Å². The minimum absolute atomic E-state index is 0. The second kappa shape index (κ2) is 8.13. The molecule has 1 aromatic carbocycles. The van der Waals surface area contributed by atoms with E-state index in [9.17, 15) is 4.79 Å². The summed E-state index contributed by atoms with van der Waals surface area (Å²) in [5, 5.41) is 3.59. The van der Waals surface area contributed by atoms with Gasteiger partial charge < -0.3 is 14.3 Å². The van der Waals surface area contributed by atoms with Crippen molar-refractivity contribution in [2.24, 2.45) is 0 Å². The summed E-state index contributed by atoms with van der Waals surface area (Å²) in [6, 6.07) is 11.6. The maximum Gasteiger partial charge on any atom is 0.181 e. The van der Waals surface area contributed by atoms with Gasteiger partial charge in [-0.1, -0.05) is 18.2 Å². The van der Waals surface area contributed by atoms with Gasteiger partial charge in [0.05, 0.1) is 17.1 Å². The molecule has 0 spiro atoms. The van der Waals surface area contributed by atoms with Crippen LogP contribution in [0.15, 0.2) is 59.8 Å². The van der Waals surface area contributed by atoms with Crippen LogP contribution in [0.1, 0.15) is 28.1 Å². The normalized spacial score (nSPS) is 10.8. The first-order valence-corrected chi connectivity index (χ1v) is 9.41. The fourth-order valence-corrected chi connectivity index (χ4v) is 3.52. The molecule has 0 unspecified atom stereocenters. The van der Waals surface area contributed by atoms with Crippen molar-refractivity contribution in [3.63, 3.8) is 0 Å². The zero-order valence-corrected chi connectivity index (χ0v) is 17.9. The number of nitrogens with one attached hydrogen (secondary N) is 1. The molecule has 0 radical (unpaired) electrons. The van der Waals surface area contributed by atoms with Gasteiger partial charge in [-0.05, 0) is 50.5 Å². The summed E-state index contributed by atoms with van der Waals surface area (Å²) in [7, 11) is 0. The van der Waals surface area contributed by atoms with Crippen molar-refractivity contribution in [3.05, 3.63) is 93.3 Å². The predicted octanol–water partition coefficient (Wildman–Crippen LogP) is 4.75. The van der Waals surface area contributed by atoms with E-state index in [-0.39, 0.29) is 17.8 Å². The molecule has 0 saturated carbocycles. The van der Waals surface area contributed by atoms with Crippen LogP contribution in [0.5, 0.6) is 0 Å². The smallest absolute Gasteiger partial charge is 0.181 e. The van der Waals surface area contributed by atoms with Gasteiger partial charge in [0, 0.05) is 43.0 Å². The minimum atomic E-state index is 0. The zero-order chi connectivity index (χ0) is 19.8. The third kappa shape index (κ3) is 3.91. The fraction of sp³-hybridized carbons (Fsp3) is 0.217. The lowest BCUT2D eigenvalue weighted by atomic mass is 10.0. The number of imidazole rings is 1. The van der Waals surface area contributed by atoms with Gasteiger partial charge in [0.2, 0.25) is 0 Å². The molecule has 3 heterocycles. The number of aromatic nitrogens is 3. The quantitative estimate of drug-likeness (QED) is 0.530. The molecule has 5 nitrogen and oxygen atoms in total. The van der Waals surface area contributed by atoms with E-state index in [0.717, 1.165) is 35.0 Å². The van der Waals surface area contributed by atoms with Crippen LogP contribution >= 0.6 is 12.4 Å². The number of hydrogen-bond donors (Lipinski definition) is 1. The number of rotatable bonds is 4. The lowest BCUT2D eigenvalue weighted by Gasteiger charge is -2.15. The maximum absolute atomic E-state index is 11.5. The van der Waals surface area contributed by atoms with Crippen molar-refractivity contribution in [1.29, 1.82) is 0 Å². The molecule has 3 aromatic heterocycles. The molecule has 150 valence electrons. The van der Waals surface area contributed by atoms with Crippen LogP contribution in [-0.2, 0) is 6.54 Å². The second-order valence-corrected chi connectivity index (χ2v) is 7.25. The Morgan fingerprint density at radius 3 is 2.31 bits per heavy atom. The van der Waals surface area contributed by atoms with Gasteiger partial charge in [-0.3, -0.25) is 4.79 Å². The Bertz CT molecular complexity index is 1200. The highest BCUT2D eigenvalue weighted by atomic mass is 35.5. The van der Waals surface area contributed by atoms with Crippen LogP contribution < -0.4 is 10.7 Å². The number of anilines is 1. The van der Waals surface area contributed by atoms with Gasteiger partial charge in [-0.15, -0.1) is 12.4 Å². The number of benzene rings is 1. The summed E-state index contributed by atoms with van der Waals surface area (Å²) >= 11 is 0. The van der Waals surface area contributed by atoms with E-state index < -0.39 is 0 Å². The Morgan fingerprint density at radius 1 is 1.00 bits per heavy atom. The van der Waals surface area contributed by atoms with Crippen molar-refractivity contribution in [2.75, 3.05) is 5.32 Å². The Hall–Kier alpha value is -3.05. The van der Waals surface area contributed by atoms with E-state index in [1.807, 2.05) is 11.5 Å². The van der Waals surface area contributed by atoms with Gasteiger partial charge >= 0.3 is 0 Å². The molecule has 0 aliphatic carbocycles. The minimum Gasteiger partial charge on any atom is -0.378 e. The number of fused-ring (bicyclic) bond motifs is 1. The highest BCUT2D eigenvalue weighted by molar-refractivity contribution is 5.85. The molecule has 1 N–H and O–H groups in total. The molecule has 6 heteroatoms. The summed E-state index contributed by atoms with van der Waals surface area (Å²) in [6.45, 7) is 9.10. The average Bonchev–Trinajstić information content (AvgIpc) is 2.96. The van der Waals surface area contributed by atoms with Crippen molar-refractivity contribution in [2.45, 2.75) is 34.2 Å². The van der Waals surface area contributed by atoms with Gasteiger partial charge in [0.1, 0.15) is 0 Å². The molecular weight excluding hydrogens is 384 g/mol. The monoisotopic (exact) mass is 408 g/mol. The first kappa shape index (κ1) is 20.7. The first-order valence-electron chi connectivity index (χ1n) is 9.41. The molecule has 0 bridgehead atoms. The molecule has 29 heavy (non-hydrogen) atoms. The maximum atomic E-state index is 11.5. The van der Waals surface area contributed by atoms with Crippen LogP contribution in [0.4, 0.5) is 5.69 Å². The van der Waals surface area contributed by atoms with E-state index in [4.69, 9.17) is 4.98 Å². The Kier molecular flexibility index (Phi) is 5.80. The standard InChI is InChI=1S/C23H24N4O.ClH/c1-15-6-5-7-16(2)21(15)13-24-22-12-19(26-10-8-20(28)9-11-26)14-27-18(4)17(3)25-23(22)27;/h5-12,14,24H,13H2,1-4H3;1H. The van der Waals surface area contributed by atoms with Crippen LogP contribution in [-0.4, -0.2) is 14.0 Å². The van der Waals surface area contributed by atoms with Crippen LogP contribution in [0, 0.1) is 27.7 Å². The molecule has 0 amide bonds. The zero-order valence-electron chi connectivity index (χ0n) is 17.1. The van der Waals surface area contributed by atoms with E-state index in [2.05, 4.69) is 61.0 Å². The summed E-state index contributed by atoms with van der Waals surface area (Å²) in [5.41, 5.74) is 8.81. The largest absolute Gasteiger partial charge is 0.378 e.